The van der Waals surface area contributed by atoms with Gasteiger partial charge < -0.3 is 20.3 Å². The van der Waals surface area contributed by atoms with Gasteiger partial charge in [0, 0.05) is 6.42 Å². The Balaban J connectivity index is 1.54. The van der Waals surface area contributed by atoms with Gasteiger partial charge in [0.15, 0.2) is 0 Å². The predicted octanol–water partition coefficient (Wildman–Crippen LogP) is 4.84. The summed E-state index contributed by atoms with van der Waals surface area (Å²) in [4.78, 5) is 49.0. The van der Waals surface area contributed by atoms with Gasteiger partial charge in [0.25, 0.3) is 0 Å². The molecular weight excluding hydrogens is 533 g/mol. The van der Waals surface area contributed by atoms with E-state index >= 15 is 0 Å². The summed E-state index contributed by atoms with van der Waals surface area (Å²) in [6, 6.07) is 17.0. The molecule has 3 aromatic carbocycles. The molecule has 10 heteroatoms. The molecule has 5 atom stereocenters. The first kappa shape index (κ1) is 27.4. The monoisotopic (exact) mass is 557 g/mol. The number of hydrogen-bond donors (Lipinski definition) is 3. The fourth-order valence-electron chi connectivity index (χ4n) is 4.69. The lowest BCUT2D eigenvalue weighted by Crippen LogP contribution is -2.55. The maximum absolute atomic E-state index is 13.1. The molecule has 0 aliphatic heterocycles. The Bertz CT molecular complexity index is 1410. The van der Waals surface area contributed by atoms with Crippen molar-refractivity contribution in [1.82, 2.24) is 5.32 Å². The number of carbonyl (C=O) groups excluding carboxylic acids is 2. The summed E-state index contributed by atoms with van der Waals surface area (Å²) in [5.41, 5.74) is 1.03. The van der Waals surface area contributed by atoms with Crippen molar-refractivity contribution in [3.8, 4) is 0 Å². The van der Waals surface area contributed by atoms with Crippen molar-refractivity contribution in [3.63, 3.8) is 0 Å². The second-order valence-corrected chi connectivity index (χ2v) is 10.2. The van der Waals surface area contributed by atoms with Crippen LogP contribution in [0.1, 0.15) is 29.3 Å². The summed E-state index contributed by atoms with van der Waals surface area (Å²) in [7, 11) is 0. The van der Waals surface area contributed by atoms with Gasteiger partial charge in [0.1, 0.15) is 6.10 Å². The van der Waals surface area contributed by atoms with Crippen LogP contribution in [0.25, 0.3) is 10.8 Å². The molecule has 1 fully saturated rings. The first-order valence-electron chi connectivity index (χ1n) is 11.9. The van der Waals surface area contributed by atoms with Crippen molar-refractivity contribution in [2.75, 3.05) is 0 Å². The quantitative estimate of drug-likeness (QED) is 0.321. The van der Waals surface area contributed by atoms with Crippen LogP contribution in [-0.2, 0) is 25.5 Å². The third kappa shape index (κ3) is 5.92. The van der Waals surface area contributed by atoms with Crippen LogP contribution in [0.4, 0.5) is 0 Å². The number of halogens is 2. The van der Waals surface area contributed by atoms with Gasteiger partial charge in [-0.1, -0.05) is 59.6 Å². The third-order valence-electron chi connectivity index (χ3n) is 6.91. The van der Waals surface area contributed by atoms with Gasteiger partial charge in [0.05, 0.1) is 39.4 Å². The van der Waals surface area contributed by atoms with Gasteiger partial charge in [-0.15, -0.1) is 0 Å². The Morgan fingerprint density at radius 1 is 0.921 bits per heavy atom. The SMILES string of the molecule is C[C@H](NC(=O)C1CC(C(=O)O)C1C(=O)O)[C@H](Cc1ccc(Cl)c(Cl)c1)OC(=O)c1ccc2ccccc2c1. The Hall–Kier alpha value is -3.62. The Kier molecular flexibility index (Phi) is 8.23. The maximum atomic E-state index is 13.1. The van der Waals surface area contributed by atoms with Gasteiger partial charge in [0.2, 0.25) is 5.91 Å². The molecule has 0 spiro atoms. The van der Waals surface area contributed by atoms with Crippen molar-refractivity contribution in [1.29, 1.82) is 0 Å². The smallest absolute Gasteiger partial charge is 0.338 e. The molecule has 0 radical (unpaired) electrons. The molecule has 3 unspecified atom stereocenters. The number of esters is 1. The lowest BCUT2D eigenvalue weighted by Gasteiger charge is -2.39. The van der Waals surface area contributed by atoms with Crippen LogP contribution in [-0.4, -0.2) is 46.2 Å². The molecule has 198 valence electrons. The number of amides is 1. The minimum Gasteiger partial charge on any atom is -0.481 e. The molecular formula is C28H25Cl2NO7. The van der Waals surface area contributed by atoms with E-state index in [0.717, 1.165) is 10.8 Å². The third-order valence-corrected chi connectivity index (χ3v) is 7.65. The van der Waals surface area contributed by atoms with Crippen LogP contribution in [0.5, 0.6) is 0 Å². The molecule has 0 aromatic heterocycles. The summed E-state index contributed by atoms with van der Waals surface area (Å²) in [5.74, 6) is -7.26. The summed E-state index contributed by atoms with van der Waals surface area (Å²) in [5, 5.41) is 23.9. The van der Waals surface area contributed by atoms with Crippen LogP contribution in [0, 0.1) is 17.8 Å². The van der Waals surface area contributed by atoms with Crippen molar-refractivity contribution in [2.45, 2.75) is 31.9 Å². The Labute approximate surface area is 228 Å². The average Bonchev–Trinajstić information content (AvgIpc) is 2.84. The van der Waals surface area contributed by atoms with Crippen molar-refractivity contribution in [3.05, 3.63) is 81.8 Å². The number of nitrogens with one attached hydrogen (secondary N) is 1. The molecule has 38 heavy (non-hydrogen) atoms. The summed E-state index contributed by atoms with van der Waals surface area (Å²) in [6.07, 6.45) is -0.754. The zero-order valence-electron chi connectivity index (χ0n) is 20.3. The number of carbonyl (C=O) groups is 4. The number of carboxylic acid groups (broad SMARTS) is 2. The molecule has 4 rings (SSSR count). The van der Waals surface area contributed by atoms with Crippen LogP contribution < -0.4 is 5.32 Å². The lowest BCUT2D eigenvalue weighted by atomic mass is 9.64. The largest absolute Gasteiger partial charge is 0.481 e. The number of aliphatic carboxylic acids is 2. The summed E-state index contributed by atoms with van der Waals surface area (Å²) in [6.45, 7) is 1.64. The van der Waals surface area contributed by atoms with Gasteiger partial charge >= 0.3 is 17.9 Å². The molecule has 8 nitrogen and oxygen atoms in total. The number of fused-ring (bicyclic) bond motifs is 1. The highest BCUT2D eigenvalue weighted by atomic mass is 35.5. The molecule has 3 N–H and O–H groups in total. The molecule has 1 amide bonds. The molecule has 0 bridgehead atoms. The maximum Gasteiger partial charge on any atom is 0.338 e. The van der Waals surface area contributed by atoms with Crippen LogP contribution in [0.15, 0.2) is 60.7 Å². The topological polar surface area (TPSA) is 130 Å². The molecule has 1 aliphatic rings. The van der Waals surface area contributed by atoms with Gasteiger partial charge in [-0.05, 0) is 53.9 Å². The van der Waals surface area contributed by atoms with E-state index in [-0.39, 0.29) is 12.8 Å². The van der Waals surface area contributed by atoms with E-state index in [0.29, 0.717) is 21.2 Å². The highest BCUT2D eigenvalue weighted by Crippen LogP contribution is 2.41. The number of hydrogen-bond acceptors (Lipinski definition) is 5. The molecule has 0 heterocycles. The minimum atomic E-state index is -1.34. The highest BCUT2D eigenvalue weighted by molar-refractivity contribution is 6.42. The highest BCUT2D eigenvalue weighted by Gasteiger charge is 2.53. The molecule has 3 aromatic rings. The van der Waals surface area contributed by atoms with Crippen molar-refractivity contribution < 1.29 is 34.1 Å². The molecule has 0 saturated heterocycles. The number of benzene rings is 3. The van der Waals surface area contributed by atoms with Gasteiger partial charge in [-0.3, -0.25) is 14.4 Å². The van der Waals surface area contributed by atoms with E-state index < -0.39 is 53.7 Å². The van der Waals surface area contributed by atoms with Crippen LogP contribution >= 0.6 is 23.2 Å². The average molecular weight is 558 g/mol. The Morgan fingerprint density at radius 3 is 2.29 bits per heavy atom. The van der Waals surface area contributed by atoms with Crippen molar-refractivity contribution >= 4 is 57.8 Å². The van der Waals surface area contributed by atoms with Crippen LogP contribution in [0.2, 0.25) is 10.0 Å². The summed E-state index contributed by atoms with van der Waals surface area (Å²) < 4.78 is 5.85. The standard InChI is InChI=1S/C28H25Cl2NO7/c1-14(31-25(32)19-13-20(26(33)34)24(19)27(35)36)23(11-15-6-9-21(29)22(30)10-15)38-28(37)18-8-7-16-4-2-3-5-17(16)12-18/h2-10,12,14,19-20,23-24H,11,13H2,1H3,(H,31,32)(H,33,34)(H,35,36)/t14-,19?,20?,23-,24?/m0/s1. The number of rotatable bonds is 9. The number of carboxylic acids is 2. The fourth-order valence-corrected chi connectivity index (χ4v) is 5.01. The first-order chi connectivity index (χ1) is 18.0. The minimum absolute atomic E-state index is 0.0841. The van der Waals surface area contributed by atoms with E-state index in [1.807, 2.05) is 30.3 Å². The van der Waals surface area contributed by atoms with Gasteiger partial charge in [-0.25, -0.2) is 4.79 Å². The van der Waals surface area contributed by atoms with E-state index in [4.69, 9.17) is 27.9 Å². The second kappa shape index (κ2) is 11.4. The van der Waals surface area contributed by atoms with Gasteiger partial charge in [-0.2, -0.15) is 0 Å². The van der Waals surface area contributed by atoms with Crippen molar-refractivity contribution in [2.24, 2.45) is 17.8 Å². The number of ether oxygens (including phenoxy) is 1. The summed E-state index contributed by atoms with van der Waals surface area (Å²) >= 11 is 12.2. The Morgan fingerprint density at radius 2 is 1.63 bits per heavy atom. The zero-order chi connectivity index (χ0) is 27.6. The zero-order valence-corrected chi connectivity index (χ0v) is 21.8. The lowest BCUT2D eigenvalue weighted by molar-refractivity contribution is -0.169. The fraction of sp³-hybridized carbons (Fsp3) is 0.286. The van der Waals surface area contributed by atoms with E-state index in [1.165, 1.54) is 0 Å². The van der Waals surface area contributed by atoms with E-state index in [1.54, 1.807) is 37.3 Å². The predicted molar refractivity (Wildman–Crippen MR) is 141 cm³/mol. The van der Waals surface area contributed by atoms with E-state index in [2.05, 4.69) is 5.32 Å². The normalized spacial score (nSPS) is 20.1. The molecule has 1 saturated carbocycles. The van der Waals surface area contributed by atoms with Crippen LogP contribution in [0.3, 0.4) is 0 Å². The second-order valence-electron chi connectivity index (χ2n) is 9.41. The van der Waals surface area contributed by atoms with E-state index in [9.17, 15) is 29.4 Å². The first-order valence-corrected chi connectivity index (χ1v) is 12.7. The molecule has 1 aliphatic carbocycles.